The summed E-state index contributed by atoms with van der Waals surface area (Å²) in [6, 6.07) is 6.34. The third-order valence-corrected chi connectivity index (χ3v) is 4.22. The number of benzene rings is 1. The number of nitrogens with one attached hydrogen (secondary N) is 1. The number of thiazole rings is 1. The van der Waals surface area contributed by atoms with Crippen molar-refractivity contribution in [3.8, 4) is 0 Å². The van der Waals surface area contributed by atoms with Crippen LogP contribution in [-0.2, 0) is 11.3 Å². The highest BCUT2D eigenvalue weighted by molar-refractivity contribution is 7.14. The van der Waals surface area contributed by atoms with Gasteiger partial charge < -0.3 is 5.32 Å². The van der Waals surface area contributed by atoms with Crippen molar-refractivity contribution in [3.05, 3.63) is 40.4 Å². The van der Waals surface area contributed by atoms with Crippen molar-refractivity contribution < 1.29 is 4.79 Å². The molecule has 4 nitrogen and oxygen atoms in total. The molecule has 0 aliphatic carbocycles. The Morgan fingerprint density at radius 2 is 2.14 bits per heavy atom. The third-order valence-electron chi connectivity index (χ3n) is 3.31. The molecule has 0 aliphatic rings. The second-order valence-corrected chi connectivity index (χ2v) is 5.89. The average molecular weight is 303 g/mol. The van der Waals surface area contributed by atoms with Crippen LogP contribution in [0.1, 0.15) is 30.7 Å². The fourth-order valence-electron chi connectivity index (χ4n) is 2.19. The molecule has 2 aromatic rings. The van der Waals surface area contributed by atoms with Gasteiger partial charge in [-0.05, 0) is 32.4 Å². The number of hydrogen-bond acceptors (Lipinski definition) is 4. The van der Waals surface area contributed by atoms with E-state index in [2.05, 4.69) is 42.3 Å². The smallest absolute Gasteiger partial charge is 0.225 e. The maximum atomic E-state index is 11.5. The molecule has 1 amide bonds. The van der Waals surface area contributed by atoms with E-state index >= 15 is 0 Å². The number of anilines is 2. The van der Waals surface area contributed by atoms with Crippen molar-refractivity contribution in [3.63, 3.8) is 0 Å². The number of aryl methyl sites for hydroxylation is 2. The zero-order valence-corrected chi connectivity index (χ0v) is 13.8. The van der Waals surface area contributed by atoms with Gasteiger partial charge in [0.05, 0.1) is 12.2 Å². The van der Waals surface area contributed by atoms with E-state index in [4.69, 9.17) is 0 Å². The molecular formula is C16H21N3OS. The lowest BCUT2D eigenvalue weighted by Crippen LogP contribution is -2.27. The van der Waals surface area contributed by atoms with Gasteiger partial charge in [-0.2, -0.15) is 0 Å². The lowest BCUT2D eigenvalue weighted by Gasteiger charge is -2.14. The summed E-state index contributed by atoms with van der Waals surface area (Å²) in [7, 11) is 0. The zero-order chi connectivity index (χ0) is 15.4. The predicted octanol–water partition coefficient (Wildman–Crippen LogP) is 3.74. The fourth-order valence-corrected chi connectivity index (χ4v) is 3.12. The second kappa shape index (κ2) is 6.72. The largest absolute Gasteiger partial charge is 0.379 e. The van der Waals surface area contributed by atoms with Crippen molar-refractivity contribution in [2.75, 3.05) is 16.8 Å². The molecule has 0 radical (unpaired) electrons. The van der Waals surface area contributed by atoms with Gasteiger partial charge in [-0.3, -0.25) is 9.69 Å². The number of nitrogens with zero attached hydrogens (tertiary/aromatic N) is 2. The van der Waals surface area contributed by atoms with Gasteiger partial charge in [0.2, 0.25) is 5.91 Å². The number of carbonyl (C=O) groups excluding carboxylic acids is 1. The third kappa shape index (κ3) is 3.82. The second-order valence-electron chi connectivity index (χ2n) is 5.06. The first-order valence-electron chi connectivity index (χ1n) is 7.05. The van der Waals surface area contributed by atoms with Crippen molar-refractivity contribution in [1.29, 1.82) is 0 Å². The lowest BCUT2D eigenvalue weighted by atomic mass is 10.1. The zero-order valence-electron chi connectivity index (χ0n) is 12.9. The highest BCUT2D eigenvalue weighted by atomic mass is 32.1. The van der Waals surface area contributed by atoms with E-state index in [1.807, 2.05) is 12.3 Å². The number of amides is 1. The Labute approximate surface area is 129 Å². The molecule has 0 bridgehead atoms. The molecule has 1 aromatic heterocycles. The normalized spacial score (nSPS) is 10.5. The average Bonchev–Trinajstić information content (AvgIpc) is 2.87. The Bertz CT molecular complexity index is 636. The van der Waals surface area contributed by atoms with Crippen molar-refractivity contribution in [2.45, 2.75) is 34.2 Å². The summed E-state index contributed by atoms with van der Waals surface area (Å²) in [6.07, 6.45) is 0. The van der Waals surface area contributed by atoms with Gasteiger partial charge in [0.1, 0.15) is 0 Å². The van der Waals surface area contributed by atoms with Crippen LogP contribution in [0.2, 0.25) is 0 Å². The van der Waals surface area contributed by atoms with E-state index in [0.717, 1.165) is 16.5 Å². The maximum Gasteiger partial charge on any atom is 0.225 e. The topological polar surface area (TPSA) is 45.2 Å². The Balaban J connectivity index is 2.04. The monoisotopic (exact) mass is 303 g/mol. The van der Waals surface area contributed by atoms with Gasteiger partial charge >= 0.3 is 0 Å². The molecule has 0 unspecified atom stereocenters. The van der Waals surface area contributed by atoms with Crippen molar-refractivity contribution in [2.24, 2.45) is 0 Å². The standard InChI is InChI=1S/C16H21N3OS/c1-5-19(13(4)20)16-18-14(10-21-16)9-17-15-7-6-11(2)8-12(15)3/h6-8,10,17H,5,9H2,1-4H3. The molecule has 1 heterocycles. The van der Waals surface area contributed by atoms with Gasteiger partial charge in [-0.15, -0.1) is 11.3 Å². The van der Waals surface area contributed by atoms with Crippen LogP contribution in [-0.4, -0.2) is 17.4 Å². The quantitative estimate of drug-likeness (QED) is 0.915. The van der Waals surface area contributed by atoms with Crippen LogP contribution < -0.4 is 10.2 Å². The SMILES string of the molecule is CCN(C(C)=O)c1nc(CNc2ccc(C)cc2C)cs1. The minimum Gasteiger partial charge on any atom is -0.379 e. The molecule has 0 spiro atoms. The molecule has 2 rings (SSSR count). The molecule has 0 atom stereocenters. The van der Waals surface area contributed by atoms with Gasteiger partial charge in [0, 0.05) is 24.5 Å². The van der Waals surface area contributed by atoms with Crippen LogP contribution in [0.4, 0.5) is 10.8 Å². The molecule has 0 fully saturated rings. The van der Waals surface area contributed by atoms with E-state index in [1.54, 1.807) is 11.8 Å². The molecule has 1 aromatic carbocycles. The molecule has 1 N–H and O–H groups in total. The summed E-state index contributed by atoms with van der Waals surface area (Å²) in [6.45, 7) is 9.01. The molecule has 0 saturated heterocycles. The van der Waals surface area contributed by atoms with E-state index in [1.165, 1.54) is 22.5 Å². The van der Waals surface area contributed by atoms with Crippen LogP contribution in [0.5, 0.6) is 0 Å². The minimum absolute atomic E-state index is 0.0285. The molecule has 21 heavy (non-hydrogen) atoms. The number of aromatic nitrogens is 1. The summed E-state index contributed by atoms with van der Waals surface area (Å²) in [5.74, 6) is 0.0285. The van der Waals surface area contributed by atoms with E-state index in [0.29, 0.717) is 13.1 Å². The summed E-state index contributed by atoms with van der Waals surface area (Å²) in [5.41, 5.74) is 4.56. The summed E-state index contributed by atoms with van der Waals surface area (Å²) >= 11 is 1.51. The van der Waals surface area contributed by atoms with E-state index < -0.39 is 0 Å². The Morgan fingerprint density at radius 3 is 2.76 bits per heavy atom. The summed E-state index contributed by atoms with van der Waals surface area (Å²) in [4.78, 5) is 17.7. The summed E-state index contributed by atoms with van der Waals surface area (Å²) in [5, 5.41) is 6.16. The molecule has 0 saturated carbocycles. The molecule has 0 aliphatic heterocycles. The van der Waals surface area contributed by atoms with Crippen LogP contribution in [0, 0.1) is 13.8 Å². The molecular weight excluding hydrogens is 282 g/mol. The Hall–Kier alpha value is -1.88. The number of carbonyl (C=O) groups is 1. The van der Waals surface area contributed by atoms with Gasteiger partial charge in [-0.25, -0.2) is 4.98 Å². The van der Waals surface area contributed by atoms with Crippen LogP contribution >= 0.6 is 11.3 Å². The molecule has 5 heteroatoms. The van der Waals surface area contributed by atoms with E-state index in [-0.39, 0.29) is 5.91 Å². The fraction of sp³-hybridized carbons (Fsp3) is 0.375. The maximum absolute atomic E-state index is 11.5. The Morgan fingerprint density at radius 1 is 1.38 bits per heavy atom. The molecule has 112 valence electrons. The van der Waals surface area contributed by atoms with Gasteiger partial charge in [0.25, 0.3) is 0 Å². The minimum atomic E-state index is 0.0285. The van der Waals surface area contributed by atoms with Crippen LogP contribution in [0.25, 0.3) is 0 Å². The first kappa shape index (κ1) is 15.5. The first-order chi connectivity index (χ1) is 10.0. The summed E-state index contributed by atoms with van der Waals surface area (Å²) < 4.78 is 0. The highest BCUT2D eigenvalue weighted by Gasteiger charge is 2.13. The van der Waals surface area contributed by atoms with Crippen LogP contribution in [0.15, 0.2) is 23.6 Å². The first-order valence-corrected chi connectivity index (χ1v) is 7.93. The number of hydrogen-bond donors (Lipinski definition) is 1. The van der Waals surface area contributed by atoms with Crippen molar-refractivity contribution in [1.82, 2.24) is 4.98 Å². The Kier molecular flexibility index (Phi) is 4.96. The van der Waals surface area contributed by atoms with Crippen molar-refractivity contribution >= 4 is 28.1 Å². The number of rotatable bonds is 5. The van der Waals surface area contributed by atoms with Gasteiger partial charge in [-0.1, -0.05) is 17.7 Å². The highest BCUT2D eigenvalue weighted by Crippen LogP contribution is 2.22. The van der Waals surface area contributed by atoms with Crippen LogP contribution in [0.3, 0.4) is 0 Å². The van der Waals surface area contributed by atoms with Gasteiger partial charge in [0.15, 0.2) is 5.13 Å². The van der Waals surface area contributed by atoms with E-state index in [9.17, 15) is 4.79 Å². The lowest BCUT2D eigenvalue weighted by molar-refractivity contribution is -0.116. The predicted molar refractivity (Wildman–Crippen MR) is 89.1 cm³/mol.